The highest BCUT2D eigenvalue weighted by molar-refractivity contribution is 5.86. The quantitative estimate of drug-likeness (QED) is 0.916. The van der Waals surface area contributed by atoms with Crippen LogP contribution in [-0.4, -0.2) is 16.1 Å². The molecule has 1 aromatic heterocycles. The summed E-state index contributed by atoms with van der Waals surface area (Å²) in [6.45, 7) is 6.93. The Morgan fingerprint density at radius 2 is 1.95 bits per heavy atom. The zero-order chi connectivity index (χ0) is 15.2. The fourth-order valence-corrected chi connectivity index (χ4v) is 2.40. The summed E-state index contributed by atoms with van der Waals surface area (Å²) in [6.07, 6.45) is 0. The third kappa shape index (κ3) is 2.45. The summed E-state index contributed by atoms with van der Waals surface area (Å²) < 4.78 is 10.9. The molecule has 0 spiro atoms. The second kappa shape index (κ2) is 4.70. The molecule has 0 fully saturated rings. The number of fused-ring (bicyclic) bond motifs is 1. The number of benzene rings is 1. The zero-order valence-electron chi connectivity index (χ0n) is 12.3. The summed E-state index contributed by atoms with van der Waals surface area (Å²) in [5, 5.41) is 9.29. The van der Waals surface area contributed by atoms with E-state index in [1.165, 1.54) is 0 Å². The summed E-state index contributed by atoms with van der Waals surface area (Å²) >= 11 is 0. The van der Waals surface area contributed by atoms with Crippen molar-refractivity contribution in [1.29, 1.82) is 0 Å². The zero-order valence-corrected chi connectivity index (χ0v) is 12.3. The fourth-order valence-electron chi connectivity index (χ4n) is 2.40. The summed E-state index contributed by atoms with van der Waals surface area (Å²) in [5.41, 5.74) is 3.09. The smallest absolute Gasteiger partial charge is 0.373 e. The van der Waals surface area contributed by atoms with Gasteiger partial charge in [-0.25, -0.2) is 9.78 Å². The molecule has 0 aliphatic carbocycles. The molecule has 5 nitrogen and oxygen atoms in total. The Bertz CT molecular complexity index is 710. The molecule has 0 unspecified atom stereocenters. The van der Waals surface area contributed by atoms with Crippen LogP contribution in [0.3, 0.4) is 0 Å². The van der Waals surface area contributed by atoms with E-state index in [0.717, 1.165) is 16.7 Å². The number of carbonyl (C=O) groups is 1. The third-order valence-electron chi connectivity index (χ3n) is 3.50. The Morgan fingerprint density at radius 1 is 1.24 bits per heavy atom. The number of hydrogen-bond donors (Lipinski definition) is 1. The van der Waals surface area contributed by atoms with Gasteiger partial charge in [0.25, 0.3) is 0 Å². The maximum absolute atomic E-state index is 11.3. The largest absolute Gasteiger partial charge is 0.475 e. The van der Waals surface area contributed by atoms with Crippen LogP contribution in [-0.2, 0) is 23.4 Å². The number of nitrogens with zero attached hydrogens (tertiary/aromatic N) is 1. The van der Waals surface area contributed by atoms with Crippen molar-refractivity contribution in [1.82, 2.24) is 4.98 Å². The molecule has 21 heavy (non-hydrogen) atoms. The summed E-state index contributed by atoms with van der Waals surface area (Å²) in [4.78, 5) is 15.8. The van der Waals surface area contributed by atoms with Gasteiger partial charge in [-0.3, -0.25) is 0 Å². The maximum atomic E-state index is 11.3. The number of ether oxygens (including phenoxy) is 1. The summed E-state index contributed by atoms with van der Waals surface area (Å²) in [7, 11) is 0. The summed E-state index contributed by atoms with van der Waals surface area (Å²) in [6, 6.07) is 5.81. The van der Waals surface area contributed by atoms with E-state index in [1.807, 2.05) is 39.0 Å². The molecule has 0 saturated carbocycles. The normalized spacial score (nSPS) is 14.2. The van der Waals surface area contributed by atoms with E-state index in [2.05, 4.69) is 4.98 Å². The molecule has 0 radical (unpaired) electrons. The highest BCUT2D eigenvalue weighted by atomic mass is 16.5. The van der Waals surface area contributed by atoms with Crippen molar-refractivity contribution in [2.24, 2.45) is 0 Å². The summed E-state index contributed by atoms with van der Waals surface area (Å²) in [5.74, 6) is -0.843. The number of aromatic carboxylic acids is 1. The van der Waals surface area contributed by atoms with Crippen molar-refractivity contribution < 1.29 is 19.1 Å². The van der Waals surface area contributed by atoms with E-state index in [-0.39, 0.29) is 5.76 Å². The van der Waals surface area contributed by atoms with Crippen molar-refractivity contribution in [3.63, 3.8) is 0 Å². The van der Waals surface area contributed by atoms with Gasteiger partial charge in [0.05, 0.1) is 13.2 Å². The lowest BCUT2D eigenvalue weighted by Crippen LogP contribution is -2.16. The van der Waals surface area contributed by atoms with Crippen molar-refractivity contribution in [3.8, 4) is 11.5 Å². The van der Waals surface area contributed by atoms with Gasteiger partial charge in [0.2, 0.25) is 11.7 Å². The van der Waals surface area contributed by atoms with Crippen molar-refractivity contribution in [3.05, 3.63) is 40.8 Å². The van der Waals surface area contributed by atoms with Crippen molar-refractivity contribution in [2.45, 2.75) is 39.4 Å². The Hall–Kier alpha value is -2.14. The SMILES string of the molecule is CC(C)(C)c1nc(-c2ccc3c(c2)COC3)oc1C(=O)O. The molecular weight excluding hydrogens is 270 g/mol. The van der Waals surface area contributed by atoms with Crippen molar-refractivity contribution >= 4 is 5.97 Å². The van der Waals surface area contributed by atoms with Crippen LogP contribution in [0.2, 0.25) is 0 Å². The molecule has 0 saturated heterocycles. The molecule has 1 N–H and O–H groups in total. The first-order valence-corrected chi connectivity index (χ1v) is 6.81. The molecule has 3 rings (SSSR count). The van der Waals surface area contributed by atoms with Crippen LogP contribution in [0, 0.1) is 0 Å². The standard InChI is InChI=1S/C16H17NO4/c1-16(2,3)13-12(15(18)19)21-14(17-13)9-4-5-10-7-20-8-11(10)6-9/h4-6H,7-8H2,1-3H3,(H,18,19). The minimum atomic E-state index is -1.09. The van der Waals surface area contributed by atoms with Crippen LogP contribution in [0.15, 0.2) is 22.6 Å². The number of aromatic nitrogens is 1. The van der Waals surface area contributed by atoms with E-state index in [1.54, 1.807) is 0 Å². The predicted molar refractivity (Wildman–Crippen MR) is 76.1 cm³/mol. The Morgan fingerprint density at radius 3 is 2.57 bits per heavy atom. The molecule has 0 amide bonds. The van der Waals surface area contributed by atoms with Crippen LogP contribution in [0.25, 0.3) is 11.5 Å². The van der Waals surface area contributed by atoms with Gasteiger partial charge < -0.3 is 14.3 Å². The van der Waals surface area contributed by atoms with Gasteiger partial charge in [-0.1, -0.05) is 26.8 Å². The minimum Gasteiger partial charge on any atom is -0.475 e. The topological polar surface area (TPSA) is 72.6 Å². The molecule has 2 heterocycles. The molecule has 110 valence electrons. The lowest BCUT2D eigenvalue weighted by atomic mass is 9.91. The average molecular weight is 287 g/mol. The predicted octanol–water partition coefficient (Wildman–Crippen LogP) is 3.37. The van der Waals surface area contributed by atoms with Gasteiger partial charge >= 0.3 is 5.97 Å². The number of oxazole rings is 1. The minimum absolute atomic E-state index is 0.0887. The van der Waals surface area contributed by atoms with Gasteiger partial charge in [-0.15, -0.1) is 0 Å². The first-order chi connectivity index (χ1) is 9.86. The van der Waals surface area contributed by atoms with Gasteiger partial charge in [0.15, 0.2) is 0 Å². The number of hydrogen-bond acceptors (Lipinski definition) is 4. The van der Waals surface area contributed by atoms with Gasteiger partial charge in [0, 0.05) is 11.0 Å². The van der Waals surface area contributed by atoms with Crippen LogP contribution in [0.4, 0.5) is 0 Å². The average Bonchev–Trinajstić information content (AvgIpc) is 3.03. The fraction of sp³-hybridized carbons (Fsp3) is 0.375. The van der Waals surface area contributed by atoms with E-state index in [9.17, 15) is 9.90 Å². The Labute approximate surface area is 122 Å². The van der Waals surface area contributed by atoms with Crippen LogP contribution in [0.5, 0.6) is 0 Å². The first kappa shape index (κ1) is 13.8. The van der Waals surface area contributed by atoms with Gasteiger partial charge in [-0.05, 0) is 23.3 Å². The van der Waals surface area contributed by atoms with E-state index >= 15 is 0 Å². The number of carboxylic acids is 1. The highest BCUT2D eigenvalue weighted by Gasteiger charge is 2.29. The molecule has 1 aromatic carbocycles. The van der Waals surface area contributed by atoms with E-state index in [0.29, 0.717) is 24.8 Å². The highest BCUT2D eigenvalue weighted by Crippen LogP contribution is 2.32. The second-order valence-corrected chi connectivity index (χ2v) is 6.23. The molecular formula is C16H17NO4. The molecule has 1 aliphatic rings. The van der Waals surface area contributed by atoms with Crippen LogP contribution < -0.4 is 0 Å². The Kier molecular flexibility index (Phi) is 3.10. The third-order valence-corrected chi connectivity index (χ3v) is 3.50. The number of rotatable bonds is 2. The molecule has 5 heteroatoms. The molecule has 2 aromatic rings. The van der Waals surface area contributed by atoms with Gasteiger partial charge in [-0.2, -0.15) is 0 Å². The monoisotopic (exact) mass is 287 g/mol. The number of carboxylic acid groups (broad SMARTS) is 1. The second-order valence-electron chi connectivity index (χ2n) is 6.23. The van der Waals surface area contributed by atoms with E-state index < -0.39 is 11.4 Å². The van der Waals surface area contributed by atoms with Crippen LogP contribution in [0.1, 0.15) is 48.1 Å². The van der Waals surface area contributed by atoms with Crippen molar-refractivity contribution in [2.75, 3.05) is 0 Å². The lowest BCUT2D eigenvalue weighted by Gasteiger charge is -2.14. The Balaban J connectivity index is 2.09. The maximum Gasteiger partial charge on any atom is 0.373 e. The van der Waals surface area contributed by atoms with E-state index in [4.69, 9.17) is 9.15 Å². The lowest BCUT2D eigenvalue weighted by molar-refractivity contribution is 0.0659. The first-order valence-electron chi connectivity index (χ1n) is 6.81. The van der Waals surface area contributed by atoms with Gasteiger partial charge in [0.1, 0.15) is 5.69 Å². The molecule has 1 aliphatic heterocycles. The molecule has 0 atom stereocenters. The molecule has 0 bridgehead atoms. The van der Waals surface area contributed by atoms with Crippen LogP contribution >= 0.6 is 0 Å².